The first-order valence-corrected chi connectivity index (χ1v) is 5.84. The van der Waals surface area contributed by atoms with Gasteiger partial charge in [-0.3, -0.25) is 0 Å². The minimum atomic E-state index is -1.17. The lowest BCUT2D eigenvalue weighted by molar-refractivity contribution is 0.0599. The fourth-order valence-corrected chi connectivity index (χ4v) is 1.85. The Balaban J connectivity index is 2.57. The van der Waals surface area contributed by atoms with E-state index in [1.807, 2.05) is 13.8 Å². The molecule has 0 saturated carbocycles. The highest BCUT2D eigenvalue weighted by atomic mass is 16.5. The molecule has 1 N–H and O–H groups in total. The molecule has 0 amide bonds. The molecule has 0 aliphatic heterocycles. The molecule has 0 radical (unpaired) electrons. The summed E-state index contributed by atoms with van der Waals surface area (Å²) < 4.78 is 9.72. The fourth-order valence-electron chi connectivity index (χ4n) is 1.85. The number of carboxylic acid groups (broad SMARTS) is 1. The third-order valence-electron chi connectivity index (χ3n) is 3.08. The van der Waals surface area contributed by atoms with Crippen LogP contribution in [0.4, 0.5) is 0 Å². The molecular weight excluding hydrogens is 262 g/mol. The molecule has 0 aliphatic carbocycles. The lowest BCUT2D eigenvalue weighted by atomic mass is 9.98. The Morgan fingerprint density at radius 2 is 1.95 bits per heavy atom. The number of carboxylic acids is 1. The number of aryl methyl sites for hydroxylation is 1. The average molecular weight is 275 g/mol. The second-order valence-electron chi connectivity index (χ2n) is 4.34. The first-order valence-electron chi connectivity index (χ1n) is 5.84. The van der Waals surface area contributed by atoms with Gasteiger partial charge in [-0.1, -0.05) is 5.16 Å². The molecule has 0 atom stereocenters. The maximum atomic E-state index is 11.6. The van der Waals surface area contributed by atoms with Gasteiger partial charge in [0.2, 0.25) is 0 Å². The van der Waals surface area contributed by atoms with Crippen LogP contribution in [0.2, 0.25) is 0 Å². The molecule has 0 unspecified atom stereocenters. The number of ether oxygens (including phenoxy) is 1. The van der Waals surface area contributed by atoms with Gasteiger partial charge in [-0.15, -0.1) is 0 Å². The van der Waals surface area contributed by atoms with Crippen molar-refractivity contribution in [3.63, 3.8) is 0 Å². The van der Waals surface area contributed by atoms with Gasteiger partial charge in [-0.25, -0.2) is 9.59 Å². The van der Waals surface area contributed by atoms with Gasteiger partial charge in [0.15, 0.2) is 11.5 Å². The minimum Gasteiger partial charge on any atom is -0.476 e. The van der Waals surface area contributed by atoms with Gasteiger partial charge in [0.1, 0.15) is 0 Å². The maximum Gasteiger partial charge on any atom is 0.358 e. The van der Waals surface area contributed by atoms with Crippen LogP contribution in [0.3, 0.4) is 0 Å². The molecule has 6 heteroatoms. The summed E-state index contributed by atoms with van der Waals surface area (Å²) in [4.78, 5) is 22.4. The van der Waals surface area contributed by atoms with Gasteiger partial charge in [-0.05, 0) is 37.1 Å². The lowest BCUT2D eigenvalue weighted by Gasteiger charge is -2.08. The standard InChI is InChI=1S/C14H13NO5/c1-7-4-9(14(18)19-3)5-10(8(7)2)12-6-11(13(16)17)15-20-12/h4-6H,1-3H3,(H,16,17). The van der Waals surface area contributed by atoms with Crippen LogP contribution in [-0.2, 0) is 4.74 Å². The van der Waals surface area contributed by atoms with E-state index in [2.05, 4.69) is 9.89 Å². The monoisotopic (exact) mass is 275 g/mol. The number of carbonyl (C=O) groups is 2. The number of aromatic nitrogens is 1. The van der Waals surface area contributed by atoms with Crippen LogP contribution in [0, 0.1) is 13.8 Å². The number of rotatable bonds is 3. The Morgan fingerprint density at radius 3 is 2.50 bits per heavy atom. The molecule has 1 aromatic carbocycles. The Kier molecular flexibility index (Phi) is 3.56. The molecule has 2 aromatic rings. The van der Waals surface area contributed by atoms with Crippen LogP contribution in [0.15, 0.2) is 22.7 Å². The molecule has 20 heavy (non-hydrogen) atoms. The van der Waals surface area contributed by atoms with Crippen molar-refractivity contribution in [2.75, 3.05) is 7.11 Å². The van der Waals surface area contributed by atoms with E-state index in [0.29, 0.717) is 16.9 Å². The van der Waals surface area contributed by atoms with E-state index in [9.17, 15) is 9.59 Å². The summed E-state index contributed by atoms with van der Waals surface area (Å²) in [5.74, 6) is -1.33. The number of benzene rings is 1. The molecule has 0 aliphatic rings. The minimum absolute atomic E-state index is 0.180. The molecule has 1 heterocycles. The zero-order valence-electron chi connectivity index (χ0n) is 11.3. The van der Waals surface area contributed by atoms with Gasteiger partial charge >= 0.3 is 11.9 Å². The van der Waals surface area contributed by atoms with Crippen LogP contribution < -0.4 is 0 Å². The number of aromatic carboxylic acids is 1. The Labute approximate surface area is 115 Å². The molecule has 104 valence electrons. The summed E-state index contributed by atoms with van der Waals surface area (Å²) in [6, 6.07) is 4.63. The number of hydrogen-bond donors (Lipinski definition) is 1. The van der Waals surface area contributed by atoms with Crippen molar-refractivity contribution in [1.82, 2.24) is 5.16 Å². The van der Waals surface area contributed by atoms with Gasteiger partial charge in [0, 0.05) is 11.6 Å². The van der Waals surface area contributed by atoms with E-state index in [-0.39, 0.29) is 5.69 Å². The van der Waals surface area contributed by atoms with Crippen LogP contribution in [0.25, 0.3) is 11.3 Å². The molecule has 2 rings (SSSR count). The smallest absolute Gasteiger partial charge is 0.358 e. The summed E-state index contributed by atoms with van der Waals surface area (Å²) in [6.07, 6.45) is 0. The molecule has 0 saturated heterocycles. The summed E-state index contributed by atoms with van der Waals surface area (Å²) >= 11 is 0. The van der Waals surface area contributed by atoms with E-state index in [1.54, 1.807) is 12.1 Å². The largest absolute Gasteiger partial charge is 0.476 e. The topological polar surface area (TPSA) is 89.6 Å². The molecule has 0 fully saturated rings. The number of carbonyl (C=O) groups excluding carboxylic acids is 1. The van der Waals surface area contributed by atoms with Crippen molar-refractivity contribution < 1.29 is 24.0 Å². The Morgan fingerprint density at radius 1 is 1.25 bits per heavy atom. The zero-order chi connectivity index (χ0) is 14.9. The van der Waals surface area contributed by atoms with Crippen LogP contribution >= 0.6 is 0 Å². The summed E-state index contributed by atoms with van der Waals surface area (Å²) in [6.45, 7) is 3.70. The molecule has 6 nitrogen and oxygen atoms in total. The summed E-state index contributed by atoms with van der Waals surface area (Å²) in [5, 5.41) is 12.3. The number of methoxy groups -OCH3 is 1. The first-order chi connectivity index (χ1) is 9.43. The first kappa shape index (κ1) is 13.8. The van der Waals surface area contributed by atoms with Gasteiger partial charge in [0.25, 0.3) is 0 Å². The van der Waals surface area contributed by atoms with Crippen molar-refractivity contribution in [2.24, 2.45) is 0 Å². The van der Waals surface area contributed by atoms with Crippen molar-refractivity contribution in [3.8, 4) is 11.3 Å². The second kappa shape index (κ2) is 5.16. The van der Waals surface area contributed by atoms with E-state index >= 15 is 0 Å². The van der Waals surface area contributed by atoms with E-state index in [1.165, 1.54) is 13.2 Å². The highest BCUT2D eigenvalue weighted by Crippen LogP contribution is 2.28. The predicted molar refractivity (Wildman–Crippen MR) is 69.7 cm³/mol. The fraction of sp³-hybridized carbons (Fsp3) is 0.214. The highest BCUT2D eigenvalue weighted by Gasteiger charge is 2.17. The molecule has 0 spiro atoms. The third kappa shape index (κ3) is 2.40. The number of hydrogen-bond acceptors (Lipinski definition) is 5. The lowest BCUT2D eigenvalue weighted by Crippen LogP contribution is -2.03. The van der Waals surface area contributed by atoms with Crippen molar-refractivity contribution in [3.05, 3.63) is 40.6 Å². The summed E-state index contributed by atoms with van der Waals surface area (Å²) in [5.41, 5.74) is 2.56. The average Bonchev–Trinajstić information content (AvgIpc) is 2.90. The molecule has 0 bridgehead atoms. The zero-order valence-corrected chi connectivity index (χ0v) is 11.3. The normalized spacial score (nSPS) is 10.3. The SMILES string of the molecule is COC(=O)c1cc(C)c(C)c(-c2cc(C(=O)O)no2)c1. The maximum absolute atomic E-state index is 11.6. The number of nitrogens with zero attached hydrogens (tertiary/aromatic N) is 1. The Bertz CT molecular complexity index is 687. The van der Waals surface area contributed by atoms with Gasteiger partial charge in [-0.2, -0.15) is 0 Å². The Hall–Kier alpha value is -2.63. The van der Waals surface area contributed by atoms with Crippen molar-refractivity contribution in [1.29, 1.82) is 0 Å². The van der Waals surface area contributed by atoms with E-state index < -0.39 is 11.9 Å². The quantitative estimate of drug-likeness (QED) is 0.865. The van der Waals surface area contributed by atoms with Crippen molar-refractivity contribution >= 4 is 11.9 Å². The van der Waals surface area contributed by atoms with Crippen molar-refractivity contribution in [2.45, 2.75) is 13.8 Å². The van der Waals surface area contributed by atoms with Crippen LogP contribution in [-0.4, -0.2) is 29.3 Å². The van der Waals surface area contributed by atoms with Crippen LogP contribution in [0.5, 0.6) is 0 Å². The van der Waals surface area contributed by atoms with Gasteiger partial charge in [0.05, 0.1) is 12.7 Å². The van der Waals surface area contributed by atoms with Gasteiger partial charge < -0.3 is 14.4 Å². The van der Waals surface area contributed by atoms with Crippen LogP contribution in [0.1, 0.15) is 32.0 Å². The highest BCUT2D eigenvalue weighted by molar-refractivity contribution is 5.92. The molecular formula is C14H13NO5. The second-order valence-corrected chi connectivity index (χ2v) is 4.34. The third-order valence-corrected chi connectivity index (χ3v) is 3.08. The van der Waals surface area contributed by atoms with E-state index in [4.69, 9.17) is 9.63 Å². The van der Waals surface area contributed by atoms with E-state index in [0.717, 1.165) is 11.1 Å². The number of esters is 1. The predicted octanol–water partition coefficient (Wildman–Crippen LogP) is 2.44. The summed E-state index contributed by atoms with van der Waals surface area (Å²) in [7, 11) is 1.30. The molecule has 1 aromatic heterocycles.